The summed E-state index contributed by atoms with van der Waals surface area (Å²) in [5, 5.41) is 8.10. The van der Waals surface area contributed by atoms with Gasteiger partial charge in [-0.3, -0.25) is 0 Å². The molecule has 3 aromatic rings. The molecule has 1 saturated carbocycles. The maximum absolute atomic E-state index is 12.2. The molecule has 1 aliphatic carbocycles. The second kappa shape index (κ2) is 10.9. The van der Waals surface area contributed by atoms with E-state index in [4.69, 9.17) is 9.97 Å². The molecule has 0 atom stereocenters. The van der Waals surface area contributed by atoms with Gasteiger partial charge in [-0.25, -0.2) is 4.98 Å². The Bertz CT molecular complexity index is 1140. The molecule has 9 heteroatoms. The maximum Gasteiger partial charge on any atom is 0.573 e. The van der Waals surface area contributed by atoms with Crippen molar-refractivity contribution in [1.29, 1.82) is 0 Å². The predicted molar refractivity (Wildman–Crippen MR) is 134 cm³/mol. The van der Waals surface area contributed by atoms with Crippen LogP contribution in [0.4, 0.5) is 24.9 Å². The Balaban J connectivity index is 1.23. The summed E-state index contributed by atoms with van der Waals surface area (Å²) in [7, 11) is 3.97. The van der Waals surface area contributed by atoms with Crippen LogP contribution in [0.2, 0.25) is 0 Å². The summed E-state index contributed by atoms with van der Waals surface area (Å²) in [6.45, 7) is 0.698. The van der Waals surface area contributed by atoms with Crippen molar-refractivity contribution in [3.63, 3.8) is 0 Å². The number of rotatable bonds is 8. The second-order valence-electron chi connectivity index (χ2n) is 8.90. The highest BCUT2D eigenvalue weighted by atomic mass is 19.4. The number of ether oxygens (including phenoxy) is 1. The Morgan fingerprint density at radius 1 is 0.971 bits per heavy atom. The van der Waals surface area contributed by atoms with Gasteiger partial charge in [-0.2, -0.15) is 4.98 Å². The van der Waals surface area contributed by atoms with Crippen molar-refractivity contribution >= 4 is 28.7 Å². The van der Waals surface area contributed by atoms with Crippen LogP contribution in [0.1, 0.15) is 31.2 Å². The summed E-state index contributed by atoms with van der Waals surface area (Å²) in [6.07, 6.45) is 3.33. The van der Waals surface area contributed by atoms with Crippen LogP contribution in [-0.2, 0) is 0 Å². The van der Waals surface area contributed by atoms with Crippen molar-refractivity contribution in [2.75, 3.05) is 30.9 Å². The van der Waals surface area contributed by atoms with Crippen LogP contribution in [0.3, 0.4) is 0 Å². The van der Waals surface area contributed by atoms with Crippen LogP contribution < -0.4 is 20.3 Å². The smallest absolute Gasteiger partial charge is 0.406 e. The highest BCUT2D eigenvalue weighted by molar-refractivity contribution is 5.90. The molecule has 1 aromatic heterocycles. The first-order valence-corrected chi connectivity index (χ1v) is 11.7. The minimum absolute atomic E-state index is 0.217. The van der Waals surface area contributed by atoms with Crippen molar-refractivity contribution in [2.45, 2.75) is 44.1 Å². The average molecular weight is 486 g/mol. The van der Waals surface area contributed by atoms with E-state index in [1.807, 2.05) is 55.4 Å². The zero-order chi connectivity index (χ0) is 24.8. The third-order valence-corrected chi connectivity index (χ3v) is 6.02. The highest BCUT2D eigenvalue weighted by Gasteiger charge is 2.30. The standard InChI is InChI=1S/C26H30F3N5O/c1-34(2)24-22-7-3-4-8-23(22)32-25(33-24)31-20-13-11-19(12-14-20)30-17-5-6-18-9-15-21(16-10-18)35-26(27,28)29/h3-10,15-16,19-20,30H,11-14,17H2,1-2H3,(H,31,32,33). The van der Waals surface area contributed by atoms with Gasteiger partial charge < -0.3 is 20.3 Å². The molecule has 1 fully saturated rings. The molecule has 2 aromatic carbocycles. The van der Waals surface area contributed by atoms with Gasteiger partial charge in [0.1, 0.15) is 11.6 Å². The number of nitrogens with one attached hydrogen (secondary N) is 2. The molecule has 35 heavy (non-hydrogen) atoms. The number of alkyl halides is 3. The molecule has 0 unspecified atom stereocenters. The molecular weight excluding hydrogens is 455 g/mol. The SMILES string of the molecule is CN(C)c1nc(NC2CCC(NCC=Cc3ccc(OC(F)(F)F)cc3)CC2)nc2ccccc12. The maximum atomic E-state index is 12.2. The average Bonchev–Trinajstić information content (AvgIpc) is 2.82. The van der Waals surface area contributed by atoms with Gasteiger partial charge in [0, 0.05) is 38.1 Å². The van der Waals surface area contributed by atoms with Crippen molar-refractivity contribution in [3.05, 3.63) is 60.2 Å². The van der Waals surface area contributed by atoms with Gasteiger partial charge >= 0.3 is 6.36 Å². The monoisotopic (exact) mass is 485 g/mol. The number of fused-ring (bicyclic) bond motifs is 1. The van der Waals surface area contributed by atoms with E-state index in [2.05, 4.69) is 15.4 Å². The molecule has 186 valence electrons. The Hall–Kier alpha value is -3.33. The zero-order valence-corrected chi connectivity index (χ0v) is 19.8. The minimum atomic E-state index is -4.67. The van der Waals surface area contributed by atoms with Crippen molar-refractivity contribution in [3.8, 4) is 5.75 Å². The molecule has 1 heterocycles. The molecule has 0 radical (unpaired) electrons. The summed E-state index contributed by atoms with van der Waals surface area (Å²) in [5.41, 5.74) is 1.75. The number of hydrogen-bond donors (Lipinski definition) is 2. The molecule has 0 spiro atoms. The lowest BCUT2D eigenvalue weighted by Gasteiger charge is -2.29. The number of hydrogen-bond acceptors (Lipinski definition) is 6. The molecule has 6 nitrogen and oxygen atoms in total. The van der Waals surface area contributed by atoms with Gasteiger partial charge in [-0.05, 0) is 55.5 Å². The number of halogens is 3. The fourth-order valence-corrected chi connectivity index (χ4v) is 4.30. The van der Waals surface area contributed by atoms with E-state index in [0.717, 1.165) is 48.0 Å². The molecule has 4 rings (SSSR count). The number of nitrogens with zero attached hydrogens (tertiary/aromatic N) is 3. The first-order chi connectivity index (χ1) is 16.8. The van der Waals surface area contributed by atoms with Gasteiger partial charge in [0.15, 0.2) is 0 Å². The van der Waals surface area contributed by atoms with Gasteiger partial charge in [0.05, 0.1) is 5.52 Å². The number of para-hydroxylation sites is 1. The first kappa shape index (κ1) is 24.8. The molecule has 1 aliphatic rings. The summed E-state index contributed by atoms with van der Waals surface area (Å²) >= 11 is 0. The number of aromatic nitrogens is 2. The lowest BCUT2D eigenvalue weighted by Crippen LogP contribution is -2.37. The molecular formula is C26H30F3N5O. The largest absolute Gasteiger partial charge is 0.573 e. The van der Waals surface area contributed by atoms with Crippen LogP contribution in [0.15, 0.2) is 54.6 Å². The fraction of sp³-hybridized carbons (Fsp3) is 0.385. The van der Waals surface area contributed by atoms with E-state index in [0.29, 0.717) is 24.6 Å². The first-order valence-electron chi connectivity index (χ1n) is 11.7. The number of benzene rings is 2. The van der Waals surface area contributed by atoms with E-state index in [-0.39, 0.29) is 5.75 Å². The fourth-order valence-electron chi connectivity index (χ4n) is 4.30. The zero-order valence-electron chi connectivity index (χ0n) is 19.8. The molecule has 0 amide bonds. The van der Waals surface area contributed by atoms with E-state index in [1.165, 1.54) is 12.1 Å². The van der Waals surface area contributed by atoms with E-state index in [9.17, 15) is 13.2 Å². The van der Waals surface area contributed by atoms with Crippen molar-refractivity contribution in [2.24, 2.45) is 0 Å². The van der Waals surface area contributed by atoms with Gasteiger partial charge in [0.25, 0.3) is 0 Å². The van der Waals surface area contributed by atoms with Crippen LogP contribution in [0.25, 0.3) is 17.0 Å². The van der Waals surface area contributed by atoms with Crippen LogP contribution in [0, 0.1) is 0 Å². The Morgan fingerprint density at radius 3 is 2.34 bits per heavy atom. The quantitative estimate of drug-likeness (QED) is 0.432. The van der Waals surface area contributed by atoms with Gasteiger partial charge in [-0.15, -0.1) is 13.2 Å². The summed E-state index contributed by atoms with van der Waals surface area (Å²) < 4.78 is 40.6. The topological polar surface area (TPSA) is 62.3 Å². The lowest BCUT2D eigenvalue weighted by molar-refractivity contribution is -0.274. The second-order valence-corrected chi connectivity index (χ2v) is 8.90. The summed E-state index contributed by atoms with van der Waals surface area (Å²) in [6, 6.07) is 14.6. The predicted octanol–water partition coefficient (Wildman–Crippen LogP) is 5.62. The van der Waals surface area contributed by atoms with Crippen molar-refractivity contribution < 1.29 is 17.9 Å². The third kappa shape index (κ3) is 7.08. The molecule has 0 aliphatic heterocycles. The summed E-state index contributed by atoms with van der Waals surface area (Å²) in [4.78, 5) is 11.5. The van der Waals surface area contributed by atoms with E-state index >= 15 is 0 Å². The molecule has 0 bridgehead atoms. The van der Waals surface area contributed by atoms with E-state index < -0.39 is 6.36 Å². The lowest BCUT2D eigenvalue weighted by atomic mass is 9.91. The normalized spacial score (nSPS) is 18.7. The minimum Gasteiger partial charge on any atom is -0.406 e. The Morgan fingerprint density at radius 2 is 1.66 bits per heavy atom. The molecule has 2 N–H and O–H groups in total. The van der Waals surface area contributed by atoms with Crippen LogP contribution in [0.5, 0.6) is 5.75 Å². The molecule has 0 saturated heterocycles. The third-order valence-electron chi connectivity index (χ3n) is 6.02. The Labute approximate surface area is 203 Å². The highest BCUT2D eigenvalue weighted by Crippen LogP contribution is 2.26. The van der Waals surface area contributed by atoms with Crippen LogP contribution in [-0.4, -0.2) is 49.1 Å². The van der Waals surface area contributed by atoms with Crippen molar-refractivity contribution in [1.82, 2.24) is 15.3 Å². The summed E-state index contributed by atoms with van der Waals surface area (Å²) in [5.74, 6) is 1.35. The Kier molecular flexibility index (Phi) is 7.75. The van der Waals surface area contributed by atoms with Gasteiger partial charge in [0.2, 0.25) is 5.95 Å². The van der Waals surface area contributed by atoms with E-state index in [1.54, 1.807) is 12.1 Å². The number of anilines is 2. The van der Waals surface area contributed by atoms with Crippen LogP contribution >= 0.6 is 0 Å². The van der Waals surface area contributed by atoms with Gasteiger partial charge in [-0.1, -0.05) is 36.4 Å².